The third-order valence-electron chi connectivity index (χ3n) is 3.33. The van der Waals surface area contributed by atoms with Gasteiger partial charge in [0.15, 0.2) is 5.13 Å². The Morgan fingerprint density at radius 2 is 1.96 bits per heavy atom. The molecule has 2 aromatic carbocycles. The molecule has 0 atom stereocenters. The van der Waals surface area contributed by atoms with Crippen molar-refractivity contribution in [2.75, 3.05) is 10.6 Å². The van der Waals surface area contributed by atoms with E-state index in [2.05, 4.69) is 31.5 Å². The summed E-state index contributed by atoms with van der Waals surface area (Å²) in [5.74, 6) is -0.262. The van der Waals surface area contributed by atoms with E-state index in [1.165, 1.54) is 11.3 Å². The number of nitrogens with zero attached hydrogens (tertiary/aromatic N) is 1. The minimum Gasteiger partial charge on any atom is -0.322 e. The third kappa shape index (κ3) is 3.63. The fraction of sp³-hybridized carbons (Fsp3) is 0.118. The molecule has 24 heavy (non-hydrogen) atoms. The number of fused-ring (bicyclic) bond motifs is 1. The Morgan fingerprint density at radius 3 is 2.71 bits per heavy atom. The Hall–Kier alpha value is -2.25. The molecule has 2 N–H and O–H groups in total. The number of nitrogens with one attached hydrogen (secondary N) is 2. The van der Waals surface area contributed by atoms with Gasteiger partial charge in [-0.25, -0.2) is 4.98 Å². The molecule has 3 aromatic rings. The highest BCUT2D eigenvalue weighted by molar-refractivity contribution is 9.10. The average molecular weight is 404 g/mol. The van der Waals surface area contributed by atoms with E-state index < -0.39 is 0 Å². The van der Waals surface area contributed by atoms with Crippen LogP contribution >= 0.6 is 27.3 Å². The van der Waals surface area contributed by atoms with Gasteiger partial charge in [-0.1, -0.05) is 30.4 Å². The topological polar surface area (TPSA) is 71.1 Å². The lowest BCUT2D eigenvalue weighted by molar-refractivity contribution is -0.115. The molecular weight excluding hydrogens is 390 g/mol. The molecule has 0 aliphatic heterocycles. The zero-order valence-electron chi connectivity index (χ0n) is 12.8. The summed E-state index contributed by atoms with van der Waals surface area (Å²) in [5.41, 5.74) is 2.03. The molecule has 0 saturated heterocycles. The van der Waals surface area contributed by atoms with Crippen LogP contribution in [0, 0.1) is 0 Å². The van der Waals surface area contributed by atoms with Crippen LogP contribution in [-0.4, -0.2) is 16.8 Å². The largest absolute Gasteiger partial charge is 0.322 e. The second-order valence-corrected chi connectivity index (χ2v) is 6.92. The molecule has 0 saturated carbocycles. The Morgan fingerprint density at radius 1 is 1.17 bits per heavy atom. The van der Waals surface area contributed by atoms with Crippen LogP contribution in [0.1, 0.15) is 23.7 Å². The molecule has 5 nitrogen and oxygen atoms in total. The van der Waals surface area contributed by atoms with Gasteiger partial charge in [0.05, 0.1) is 15.8 Å². The van der Waals surface area contributed by atoms with Crippen LogP contribution < -0.4 is 10.6 Å². The smallest absolute Gasteiger partial charge is 0.256 e. The molecular formula is C17H14BrN3O2S. The van der Waals surface area contributed by atoms with Crippen LogP contribution in [0.3, 0.4) is 0 Å². The van der Waals surface area contributed by atoms with E-state index in [4.69, 9.17) is 0 Å². The maximum atomic E-state index is 12.4. The minimum atomic E-state index is -0.189. The van der Waals surface area contributed by atoms with Crippen molar-refractivity contribution < 1.29 is 9.59 Å². The number of halogens is 1. The summed E-state index contributed by atoms with van der Waals surface area (Å²) in [4.78, 5) is 28.2. The van der Waals surface area contributed by atoms with Crippen molar-refractivity contribution in [3.05, 3.63) is 52.5 Å². The van der Waals surface area contributed by atoms with E-state index in [0.717, 1.165) is 14.7 Å². The summed E-state index contributed by atoms with van der Waals surface area (Å²) >= 11 is 4.75. The number of carbonyl (C=O) groups excluding carboxylic acids is 2. The van der Waals surface area contributed by atoms with E-state index in [1.807, 2.05) is 30.3 Å². The van der Waals surface area contributed by atoms with Gasteiger partial charge >= 0.3 is 0 Å². The van der Waals surface area contributed by atoms with E-state index in [1.54, 1.807) is 19.1 Å². The van der Waals surface area contributed by atoms with Gasteiger partial charge in [-0.3, -0.25) is 9.59 Å². The number of hydrogen-bond acceptors (Lipinski definition) is 4. The van der Waals surface area contributed by atoms with Gasteiger partial charge < -0.3 is 10.6 Å². The highest BCUT2D eigenvalue weighted by Crippen LogP contribution is 2.29. The fourth-order valence-electron chi connectivity index (χ4n) is 2.11. The Bertz CT molecular complexity index is 923. The summed E-state index contributed by atoms with van der Waals surface area (Å²) in [5, 5.41) is 6.19. The van der Waals surface area contributed by atoms with E-state index >= 15 is 0 Å². The van der Waals surface area contributed by atoms with Gasteiger partial charge in [-0.15, -0.1) is 0 Å². The lowest BCUT2D eigenvalue weighted by Crippen LogP contribution is -2.12. The van der Waals surface area contributed by atoms with Crippen LogP contribution in [0.5, 0.6) is 0 Å². The lowest BCUT2D eigenvalue weighted by atomic mass is 10.2. The van der Waals surface area contributed by atoms with Crippen molar-refractivity contribution in [3.8, 4) is 0 Å². The second kappa shape index (κ2) is 7.11. The number of carbonyl (C=O) groups is 2. The first-order valence-electron chi connectivity index (χ1n) is 7.33. The number of amides is 2. The first kappa shape index (κ1) is 16.6. The standard InChI is InChI=1S/C17H14BrN3O2S/c1-2-15(22)21-17-20-13-8-7-10(9-14(13)24-17)19-16(23)11-5-3-4-6-12(11)18/h3-9H,2H2,1H3,(H,19,23)(H,20,21,22). The van der Waals surface area contributed by atoms with Gasteiger partial charge in [0.1, 0.15) is 0 Å². The van der Waals surface area contributed by atoms with E-state index in [9.17, 15) is 9.59 Å². The van der Waals surface area contributed by atoms with Crippen molar-refractivity contribution in [3.63, 3.8) is 0 Å². The highest BCUT2D eigenvalue weighted by atomic mass is 79.9. The van der Waals surface area contributed by atoms with Crippen LogP contribution in [-0.2, 0) is 4.79 Å². The number of anilines is 2. The molecule has 2 amide bonds. The van der Waals surface area contributed by atoms with Gasteiger partial charge in [0.2, 0.25) is 5.91 Å². The molecule has 122 valence electrons. The average Bonchev–Trinajstić information content (AvgIpc) is 2.96. The third-order valence-corrected chi connectivity index (χ3v) is 4.96. The molecule has 0 unspecified atom stereocenters. The molecule has 7 heteroatoms. The molecule has 0 bridgehead atoms. The van der Waals surface area contributed by atoms with E-state index in [-0.39, 0.29) is 11.8 Å². The normalized spacial score (nSPS) is 10.6. The van der Waals surface area contributed by atoms with Crippen LogP contribution in [0.15, 0.2) is 46.9 Å². The monoisotopic (exact) mass is 403 g/mol. The Labute approximate surface area is 151 Å². The Kier molecular flexibility index (Phi) is 4.92. The molecule has 0 spiro atoms. The quantitative estimate of drug-likeness (QED) is 0.665. The maximum absolute atomic E-state index is 12.4. The molecule has 3 rings (SSSR count). The summed E-state index contributed by atoms with van der Waals surface area (Å²) in [6, 6.07) is 12.7. The lowest BCUT2D eigenvalue weighted by Gasteiger charge is -2.06. The van der Waals surface area contributed by atoms with Gasteiger partial charge in [-0.2, -0.15) is 0 Å². The zero-order chi connectivity index (χ0) is 17.1. The first-order valence-corrected chi connectivity index (χ1v) is 8.94. The predicted octanol–water partition coefficient (Wildman–Crippen LogP) is 4.66. The van der Waals surface area contributed by atoms with Crippen LogP contribution in [0.25, 0.3) is 10.2 Å². The number of hydrogen-bond donors (Lipinski definition) is 2. The van der Waals surface area contributed by atoms with Crippen molar-refractivity contribution in [2.24, 2.45) is 0 Å². The number of benzene rings is 2. The molecule has 0 radical (unpaired) electrons. The number of thiazole rings is 1. The van der Waals surface area contributed by atoms with Crippen molar-refractivity contribution in [1.82, 2.24) is 4.98 Å². The van der Waals surface area contributed by atoms with Gasteiger partial charge in [0.25, 0.3) is 5.91 Å². The molecule has 0 aliphatic carbocycles. The molecule has 1 aromatic heterocycles. The SMILES string of the molecule is CCC(=O)Nc1nc2ccc(NC(=O)c3ccccc3Br)cc2s1. The van der Waals surface area contributed by atoms with Crippen molar-refractivity contribution in [1.29, 1.82) is 0 Å². The Balaban J connectivity index is 1.82. The van der Waals surface area contributed by atoms with Gasteiger partial charge in [0, 0.05) is 16.6 Å². The maximum Gasteiger partial charge on any atom is 0.256 e. The molecule has 0 fully saturated rings. The molecule has 1 heterocycles. The first-order chi connectivity index (χ1) is 11.6. The predicted molar refractivity (Wildman–Crippen MR) is 101 cm³/mol. The van der Waals surface area contributed by atoms with E-state index in [0.29, 0.717) is 22.8 Å². The number of aromatic nitrogens is 1. The summed E-state index contributed by atoms with van der Waals surface area (Å²) in [7, 11) is 0. The minimum absolute atomic E-state index is 0.0727. The molecule has 0 aliphatic rings. The number of rotatable bonds is 4. The van der Waals surface area contributed by atoms with Gasteiger partial charge in [-0.05, 0) is 46.3 Å². The van der Waals surface area contributed by atoms with Crippen molar-refractivity contribution in [2.45, 2.75) is 13.3 Å². The zero-order valence-corrected chi connectivity index (χ0v) is 15.2. The highest BCUT2D eigenvalue weighted by Gasteiger charge is 2.11. The summed E-state index contributed by atoms with van der Waals surface area (Å²) in [6.07, 6.45) is 0.406. The summed E-state index contributed by atoms with van der Waals surface area (Å²) < 4.78 is 1.64. The fourth-order valence-corrected chi connectivity index (χ4v) is 3.49. The van der Waals surface area contributed by atoms with Crippen LogP contribution in [0.4, 0.5) is 10.8 Å². The van der Waals surface area contributed by atoms with Crippen LogP contribution in [0.2, 0.25) is 0 Å². The van der Waals surface area contributed by atoms with Crippen molar-refractivity contribution >= 4 is 60.1 Å². The second-order valence-electron chi connectivity index (χ2n) is 5.04. The summed E-state index contributed by atoms with van der Waals surface area (Å²) in [6.45, 7) is 1.79.